The van der Waals surface area contributed by atoms with E-state index in [2.05, 4.69) is 0 Å². The summed E-state index contributed by atoms with van der Waals surface area (Å²) in [5.41, 5.74) is -1.84. The van der Waals surface area contributed by atoms with Crippen molar-refractivity contribution in [3.05, 3.63) is 35.4 Å². The molecule has 7 heteroatoms. The predicted octanol–water partition coefficient (Wildman–Crippen LogP) is 1.91. The highest BCUT2D eigenvalue weighted by molar-refractivity contribution is 5.86. The third-order valence-electron chi connectivity index (χ3n) is 4.70. The van der Waals surface area contributed by atoms with Crippen molar-refractivity contribution < 1.29 is 23.8 Å². The van der Waals surface area contributed by atoms with Crippen LogP contribution in [-0.4, -0.2) is 63.8 Å². The summed E-state index contributed by atoms with van der Waals surface area (Å²) >= 11 is 0. The summed E-state index contributed by atoms with van der Waals surface area (Å²) in [7, 11) is 1.80. The van der Waals surface area contributed by atoms with Gasteiger partial charge in [-0.2, -0.15) is 0 Å². The quantitative estimate of drug-likeness (QED) is 0.770. The van der Waals surface area contributed by atoms with Crippen molar-refractivity contribution in [1.82, 2.24) is 9.80 Å². The van der Waals surface area contributed by atoms with E-state index in [1.807, 2.05) is 4.90 Å². The maximum Gasteiger partial charge on any atom is 0.256 e. The number of carbonyl (C=O) groups excluding carboxylic acids is 1. The van der Waals surface area contributed by atoms with Gasteiger partial charge >= 0.3 is 0 Å². The van der Waals surface area contributed by atoms with Crippen LogP contribution in [0.1, 0.15) is 38.7 Å². The number of hydrogen-bond donors (Lipinski definition) is 2. The van der Waals surface area contributed by atoms with Gasteiger partial charge in [0.15, 0.2) is 17.2 Å². The molecule has 2 N–H and O–H groups in total. The summed E-state index contributed by atoms with van der Waals surface area (Å²) in [4.78, 5) is 16.1. The van der Waals surface area contributed by atoms with Crippen molar-refractivity contribution in [2.75, 3.05) is 26.7 Å². The normalized spacial score (nSPS) is 21.5. The fourth-order valence-corrected chi connectivity index (χ4v) is 3.21. The fourth-order valence-electron chi connectivity index (χ4n) is 3.21. The highest BCUT2D eigenvalue weighted by Gasteiger charge is 2.42. The van der Waals surface area contributed by atoms with Gasteiger partial charge in [-0.15, -0.1) is 0 Å². The van der Waals surface area contributed by atoms with Crippen LogP contribution < -0.4 is 0 Å². The number of carbonyl (C=O) groups is 1. The molecule has 146 valence electrons. The summed E-state index contributed by atoms with van der Waals surface area (Å²) in [6.45, 7) is 4.73. The first-order valence-corrected chi connectivity index (χ1v) is 8.87. The van der Waals surface area contributed by atoms with Crippen LogP contribution in [0.25, 0.3) is 0 Å². The lowest BCUT2D eigenvalue weighted by Crippen LogP contribution is -2.58. The van der Waals surface area contributed by atoms with E-state index in [1.165, 1.54) is 11.0 Å². The van der Waals surface area contributed by atoms with E-state index in [4.69, 9.17) is 0 Å². The third-order valence-corrected chi connectivity index (χ3v) is 4.70. The van der Waals surface area contributed by atoms with E-state index in [0.29, 0.717) is 37.9 Å². The molecule has 0 saturated carbocycles. The Hall–Kier alpha value is -1.57. The van der Waals surface area contributed by atoms with Crippen LogP contribution in [0.3, 0.4) is 0 Å². The predicted molar refractivity (Wildman–Crippen MR) is 94.4 cm³/mol. The number of nitrogens with zero attached hydrogens (tertiary/aromatic N) is 2. The second-order valence-corrected chi connectivity index (χ2v) is 7.91. The standard InChI is InChI=1S/C19H28F2N2O3/c1-18(2,25)8-10-22(3)13-19(26)7-4-9-23(17(19)24)12-14-5-6-15(20)16(21)11-14/h5-6,11,25-26H,4,7-10,12-13H2,1-3H3. The van der Waals surface area contributed by atoms with Gasteiger partial charge in [0.05, 0.1) is 5.60 Å². The molecular weight excluding hydrogens is 342 g/mol. The van der Waals surface area contributed by atoms with Gasteiger partial charge < -0.3 is 20.0 Å². The summed E-state index contributed by atoms with van der Waals surface area (Å²) in [5.74, 6) is -2.28. The van der Waals surface area contributed by atoms with Gasteiger partial charge in [0.2, 0.25) is 0 Å². The second kappa shape index (κ2) is 7.98. The van der Waals surface area contributed by atoms with E-state index in [1.54, 1.807) is 20.9 Å². The molecule has 1 amide bonds. The lowest BCUT2D eigenvalue weighted by atomic mass is 9.90. The van der Waals surface area contributed by atoms with Crippen LogP contribution >= 0.6 is 0 Å². The molecule has 0 radical (unpaired) electrons. The first-order chi connectivity index (χ1) is 12.0. The van der Waals surface area contributed by atoms with Gasteiger partial charge in [0, 0.05) is 26.2 Å². The molecular formula is C19H28F2N2O3. The Balaban J connectivity index is 2.01. The average Bonchev–Trinajstić information content (AvgIpc) is 2.53. The molecule has 1 saturated heterocycles. The lowest BCUT2D eigenvalue weighted by molar-refractivity contribution is -0.160. The number of benzene rings is 1. The summed E-state index contributed by atoms with van der Waals surface area (Å²) in [6.07, 6.45) is 1.50. The molecule has 5 nitrogen and oxygen atoms in total. The number of hydrogen-bond acceptors (Lipinski definition) is 4. The van der Waals surface area contributed by atoms with E-state index in [9.17, 15) is 23.8 Å². The summed E-state index contributed by atoms with van der Waals surface area (Å²) < 4.78 is 26.4. The Kier molecular flexibility index (Phi) is 6.37. The number of aliphatic hydroxyl groups is 2. The van der Waals surface area contributed by atoms with Crippen LogP contribution in [0.4, 0.5) is 8.78 Å². The SMILES string of the molecule is CN(CCC(C)(C)O)CC1(O)CCCN(Cc2ccc(F)c(F)c2)C1=O. The molecule has 1 aromatic carbocycles. The monoisotopic (exact) mass is 370 g/mol. The van der Waals surface area contributed by atoms with Gasteiger partial charge in [-0.05, 0) is 57.9 Å². The Morgan fingerprint density at radius 1 is 1.31 bits per heavy atom. The fraction of sp³-hybridized carbons (Fsp3) is 0.632. The number of rotatable bonds is 7. The number of halogens is 2. The van der Waals surface area contributed by atoms with E-state index < -0.39 is 28.7 Å². The summed E-state index contributed by atoms with van der Waals surface area (Å²) in [6, 6.07) is 3.55. The topological polar surface area (TPSA) is 64.0 Å². The molecule has 26 heavy (non-hydrogen) atoms. The van der Waals surface area contributed by atoms with Crippen LogP contribution in [0, 0.1) is 11.6 Å². The molecule has 0 bridgehead atoms. The molecule has 1 atom stereocenters. The molecule has 1 fully saturated rings. The molecule has 1 aliphatic rings. The van der Waals surface area contributed by atoms with Gasteiger partial charge in [0.25, 0.3) is 5.91 Å². The minimum Gasteiger partial charge on any atom is -0.390 e. The zero-order valence-electron chi connectivity index (χ0n) is 15.6. The van der Waals surface area contributed by atoms with Crippen molar-refractivity contribution in [2.45, 2.75) is 50.9 Å². The van der Waals surface area contributed by atoms with E-state index in [0.717, 1.165) is 12.1 Å². The largest absolute Gasteiger partial charge is 0.390 e. The number of amides is 1. The van der Waals surface area contributed by atoms with Crippen LogP contribution in [0.2, 0.25) is 0 Å². The molecule has 1 aromatic rings. The number of likely N-dealkylation sites (N-methyl/N-ethyl adjacent to an activating group) is 1. The first kappa shape index (κ1) is 20.7. The third kappa shape index (κ3) is 5.46. The van der Waals surface area contributed by atoms with Gasteiger partial charge in [0.1, 0.15) is 0 Å². The zero-order chi connectivity index (χ0) is 19.5. The number of likely N-dealkylation sites (tertiary alicyclic amines) is 1. The highest BCUT2D eigenvalue weighted by Crippen LogP contribution is 2.26. The number of piperidine rings is 1. The Morgan fingerprint density at radius 2 is 2.00 bits per heavy atom. The van der Waals surface area contributed by atoms with Gasteiger partial charge in [-0.1, -0.05) is 6.07 Å². The lowest BCUT2D eigenvalue weighted by Gasteiger charge is -2.40. The van der Waals surface area contributed by atoms with Gasteiger partial charge in [-0.3, -0.25) is 4.79 Å². The highest BCUT2D eigenvalue weighted by atomic mass is 19.2. The second-order valence-electron chi connectivity index (χ2n) is 7.91. The van der Waals surface area contributed by atoms with Crippen molar-refractivity contribution >= 4 is 5.91 Å². The van der Waals surface area contributed by atoms with E-state index in [-0.39, 0.29) is 13.1 Å². The van der Waals surface area contributed by atoms with Crippen LogP contribution in [0.5, 0.6) is 0 Å². The van der Waals surface area contributed by atoms with Crippen LogP contribution in [-0.2, 0) is 11.3 Å². The van der Waals surface area contributed by atoms with Gasteiger partial charge in [-0.25, -0.2) is 8.78 Å². The molecule has 0 aromatic heterocycles. The Labute approximate surface area is 153 Å². The maximum atomic E-state index is 13.4. The Morgan fingerprint density at radius 3 is 2.62 bits per heavy atom. The van der Waals surface area contributed by atoms with Crippen molar-refractivity contribution in [1.29, 1.82) is 0 Å². The van der Waals surface area contributed by atoms with Crippen molar-refractivity contribution in [2.24, 2.45) is 0 Å². The molecule has 2 rings (SSSR count). The summed E-state index contributed by atoms with van der Waals surface area (Å²) in [5, 5.41) is 20.7. The molecule has 1 unspecified atom stereocenters. The zero-order valence-corrected chi connectivity index (χ0v) is 15.6. The van der Waals surface area contributed by atoms with Crippen LogP contribution in [0.15, 0.2) is 18.2 Å². The minimum atomic E-state index is -1.51. The average molecular weight is 370 g/mol. The van der Waals surface area contributed by atoms with E-state index >= 15 is 0 Å². The Bertz CT molecular complexity index is 648. The van der Waals surface area contributed by atoms with Crippen molar-refractivity contribution in [3.8, 4) is 0 Å². The first-order valence-electron chi connectivity index (χ1n) is 8.87. The molecule has 1 heterocycles. The molecule has 0 aliphatic carbocycles. The molecule has 0 spiro atoms. The maximum absolute atomic E-state index is 13.4. The van der Waals surface area contributed by atoms with Crippen molar-refractivity contribution in [3.63, 3.8) is 0 Å². The smallest absolute Gasteiger partial charge is 0.256 e. The molecule has 1 aliphatic heterocycles. The minimum absolute atomic E-state index is 0.131.